The van der Waals surface area contributed by atoms with Crippen molar-refractivity contribution in [2.24, 2.45) is 0 Å². The third-order valence-electron chi connectivity index (χ3n) is 1.93. The first-order chi connectivity index (χ1) is 7.26. The van der Waals surface area contributed by atoms with Gasteiger partial charge in [0.25, 0.3) is 0 Å². The van der Waals surface area contributed by atoms with Crippen LogP contribution in [-0.2, 0) is 6.54 Å². The first kappa shape index (κ1) is 11.5. The Hall–Kier alpha value is -1.55. The van der Waals surface area contributed by atoms with Crippen LogP contribution in [0.4, 0.5) is 10.5 Å². The SMILES string of the molecule is CCNC(=O)Nc1ccc(CNC)cc1. The summed E-state index contributed by atoms with van der Waals surface area (Å²) >= 11 is 0. The van der Waals surface area contributed by atoms with Crippen molar-refractivity contribution in [3.05, 3.63) is 29.8 Å². The lowest BCUT2D eigenvalue weighted by Gasteiger charge is -2.06. The van der Waals surface area contributed by atoms with E-state index in [9.17, 15) is 4.79 Å². The maximum absolute atomic E-state index is 11.2. The summed E-state index contributed by atoms with van der Waals surface area (Å²) < 4.78 is 0. The highest BCUT2D eigenvalue weighted by Gasteiger charge is 1.98. The summed E-state index contributed by atoms with van der Waals surface area (Å²) in [4.78, 5) is 11.2. The Bertz CT molecular complexity index is 308. The van der Waals surface area contributed by atoms with E-state index in [1.165, 1.54) is 5.56 Å². The molecule has 0 saturated carbocycles. The van der Waals surface area contributed by atoms with Crippen molar-refractivity contribution in [1.82, 2.24) is 10.6 Å². The third-order valence-corrected chi connectivity index (χ3v) is 1.93. The van der Waals surface area contributed by atoms with Crippen LogP contribution in [0.3, 0.4) is 0 Å². The summed E-state index contributed by atoms with van der Waals surface area (Å²) in [6, 6.07) is 7.58. The molecule has 0 bridgehead atoms. The molecule has 0 aliphatic heterocycles. The molecule has 0 fully saturated rings. The molecular formula is C11H17N3O. The van der Waals surface area contributed by atoms with E-state index in [1.54, 1.807) is 0 Å². The molecule has 2 amide bonds. The van der Waals surface area contributed by atoms with E-state index in [1.807, 2.05) is 38.2 Å². The van der Waals surface area contributed by atoms with Gasteiger partial charge in [-0.2, -0.15) is 0 Å². The smallest absolute Gasteiger partial charge is 0.319 e. The molecule has 3 N–H and O–H groups in total. The zero-order chi connectivity index (χ0) is 11.1. The van der Waals surface area contributed by atoms with Crippen LogP contribution < -0.4 is 16.0 Å². The third kappa shape index (κ3) is 3.99. The molecule has 0 aliphatic carbocycles. The number of amides is 2. The lowest BCUT2D eigenvalue weighted by atomic mass is 10.2. The Kier molecular flexibility index (Phi) is 4.63. The molecule has 1 aromatic rings. The molecular weight excluding hydrogens is 190 g/mol. The predicted molar refractivity (Wildman–Crippen MR) is 61.9 cm³/mol. The zero-order valence-corrected chi connectivity index (χ0v) is 9.13. The van der Waals surface area contributed by atoms with E-state index in [2.05, 4.69) is 16.0 Å². The average Bonchev–Trinajstić information content (AvgIpc) is 2.22. The van der Waals surface area contributed by atoms with E-state index in [0.717, 1.165) is 12.2 Å². The minimum Gasteiger partial charge on any atom is -0.338 e. The van der Waals surface area contributed by atoms with Gasteiger partial charge in [-0.1, -0.05) is 12.1 Å². The summed E-state index contributed by atoms with van der Waals surface area (Å²) in [5, 5.41) is 8.48. The molecule has 1 rings (SSSR count). The highest BCUT2D eigenvalue weighted by Crippen LogP contribution is 2.08. The maximum Gasteiger partial charge on any atom is 0.319 e. The first-order valence-electron chi connectivity index (χ1n) is 5.04. The standard InChI is InChI=1S/C11H17N3O/c1-3-13-11(15)14-10-6-4-9(5-7-10)8-12-2/h4-7,12H,3,8H2,1-2H3,(H2,13,14,15). The molecule has 4 nitrogen and oxygen atoms in total. The van der Waals surface area contributed by atoms with E-state index in [0.29, 0.717) is 6.54 Å². The molecule has 0 aromatic heterocycles. The van der Waals surface area contributed by atoms with Gasteiger partial charge in [-0.05, 0) is 31.7 Å². The van der Waals surface area contributed by atoms with E-state index in [-0.39, 0.29) is 6.03 Å². The van der Waals surface area contributed by atoms with Crippen molar-refractivity contribution >= 4 is 11.7 Å². The number of hydrogen-bond donors (Lipinski definition) is 3. The normalized spacial score (nSPS) is 9.73. The molecule has 4 heteroatoms. The van der Waals surface area contributed by atoms with Crippen molar-refractivity contribution < 1.29 is 4.79 Å². The molecule has 0 spiro atoms. The second-order valence-electron chi connectivity index (χ2n) is 3.21. The van der Waals surface area contributed by atoms with Crippen molar-refractivity contribution in [2.75, 3.05) is 18.9 Å². The molecule has 0 saturated heterocycles. The largest absolute Gasteiger partial charge is 0.338 e. The fourth-order valence-corrected chi connectivity index (χ4v) is 1.25. The molecule has 15 heavy (non-hydrogen) atoms. The van der Waals surface area contributed by atoms with Crippen molar-refractivity contribution in [1.29, 1.82) is 0 Å². The Morgan fingerprint density at radius 2 is 1.93 bits per heavy atom. The average molecular weight is 207 g/mol. The summed E-state index contributed by atoms with van der Waals surface area (Å²) in [6.07, 6.45) is 0. The summed E-state index contributed by atoms with van der Waals surface area (Å²) in [5.41, 5.74) is 2.00. The molecule has 1 aromatic carbocycles. The van der Waals surface area contributed by atoms with Crippen LogP contribution >= 0.6 is 0 Å². The summed E-state index contributed by atoms with van der Waals surface area (Å²) in [6.45, 7) is 3.35. The van der Waals surface area contributed by atoms with Gasteiger partial charge in [0.1, 0.15) is 0 Å². The quantitative estimate of drug-likeness (QED) is 0.701. The minimum atomic E-state index is -0.168. The minimum absolute atomic E-state index is 0.168. The Balaban J connectivity index is 2.52. The van der Waals surface area contributed by atoms with Gasteiger partial charge >= 0.3 is 6.03 Å². The first-order valence-corrected chi connectivity index (χ1v) is 5.04. The molecule has 0 radical (unpaired) electrons. The lowest BCUT2D eigenvalue weighted by molar-refractivity contribution is 0.252. The molecule has 0 atom stereocenters. The van der Waals surface area contributed by atoms with Gasteiger partial charge in [0.05, 0.1) is 0 Å². The van der Waals surface area contributed by atoms with Gasteiger partial charge in [-0.3, -0.25) is 0 Å². The van der Waals surface area contributed by atoms with Crippen molar-refractivity contribution in [3.8, 4) is 0 Å². The number of urea groups is 1. The van der Waals surface area contributed by atoms with Crippen LogP contribution in [0.5, 0.6) is 0 Å². The monoisotopic (exact) mass is 207 g/mol. The van der Waals surface area contributed by atoms with Gasteiger partial charge in [0.15, 0.2) is 0 Å². The number of benzene rings is 1. The number of carbonyl (C=O) groups is 1. The van der Waals surface area contributed by atoms with Gasteiger partial charge in [-0.15, -0.1) is 0 Å². The molecule has 0 heterocycles. The number of nitrogens with one attached hydrogen (secondary N) is 3. The van der Waals surface area contributed by atoms with Crippen LogP contribution in [0.2, 0.25) is 0 Å². The van der Waals surface area contributed by atoms with Gasteiger partial charge in [-0.25, -0.2) is 4.79 Å². The van der Waals surface area contributed by atoms with E-state index >= 15 is 0 Å². The number of hydrogen-bond acceptors (Lipinski definition) is 2. The molecule has 0 unspecified atom stereocenters. The van der Waals surface area contributed by atoms with Crippen molar-refractivity contribution in [3.63, 3.8) is 0 Å². The second kappa shape index (κ2) is 6.03. The number of carbonyl (C=O) groups excluding carboxylic acids is 1. The Labute approximate surface area is 90.1 Å². The topological polar surface area (TPSA) is 53.2 Å². The number of rotatable bonds is 4. The van der Waals surface area contributed by atoms with Crippen LogP contribution in [0.15, 0.2) is 24.3 Å². The zero-order valence-electron chi connectivity index (χ0n) is 9.13. The Morgan fingerprint density at radius 3 is 2.47 bits per heavy atom. The van der Waals surface area contributed by atoms with Gasteiger partial charge in [0.2, 0.25) is 0 Å². The van der Waals surface area contributed by atoms with Gasteiger partial charge < -0.3 is 16.0 Å². The fraction of sp³-hybridized carbons (Fsp3) is 0.364. The lowest BCUT2D eigenvalue weighted by Crippen LogP contribution is -2.28. The molecule has 82 valence electrons. The number of anilines is 1. The van der Waals surface area contributed by atoms with E-state index < -0.39 is 0 Å². The van der Waals surface area contributed by atoms with Gasteiger partial charge in [0, 0.05) is 18.8 Å². The highest BCUT2D eigenvalue weighted by molar-refractivity contribution is 5.89. The Morgan fingerprint density at radius 1 is 1.27 bits per heavy atom. The fourth-order valence-electron chi connectivity index (χ4n) is 1.25. The van der Waals surface area contributed by atoms with Crippen LogP contribution in [0.1, 0.15) is 12.5 Å². The predicted octanol–water partition coefficient (Wildman–Crippen LogP) is 1.55. The second-order valence-corrected chi connectivity index (χ2v) is 3.21. The summed E-state index contributed by atoms with van der Waals surface area (Å²) in [5.74, 6) is 0. The maximum atomic E-state index is 11.2. The highest BCUT2D eigenvalue weighted by atomic mass is 16.2. The van der Waals surface area contributed by atoms with E-state index in [4.69, 9.17) is 0 Å². The van der Waals surface area contributed by atoms with Crippen LogP contribution in [0, 0.1) is 0 Å². The van der Waals surface area contributed by atoms with Crippen LogP contribution in [0.25, 0.3) is 0 Å². The molecule has 0 aliphatic rings. The van der Waals surface area contributed by atoms with Crippen LogP contribution in [-0.4, -0.2) is 19.6 Å². The summed E-state index contributed by atoms with van der Waals surface area (Å²) in [7, 11) is 1.90. The van der Waals surface area contributed by atoms with Crippen molar-refractivity contribution in [2.45, 2.75) is 13.5 Å².